The summed E-state index contributed by atoms with van der Waals surface area (Å²) in [4.78, 5) is 2.28. The Hall–Kier alpha value is -0.990. The van der Waals surface area contributed by atoms with Crippen LogP contribution < -0.4 is 0 Å². The van der Waals surface area contributed by atoms with Crippen LogP contribution in [-0.2, 0) is 0 Å². The summed E-state index contributed by atoms with van der Waals surface area (Å²) in [6.07, 6.45) is 1.07. The Balaban J connectivity index is 2.52. The highest BCUT2D eigenvalue weighted by atomic mass is 32.1. The van der Waals surface area contributed by atoms with Crippen LogP contribution in [0.15, 0.2) is 42.5 Å². The lowest BCUT2D eigenvalue weighted by Gasteiger charge is -2.25. The van der Waals surface area contributed by atoms with Crippen LogP contribution >= 0.6 is 12.6 Å². The summed E-state index contributed by atoms with van der Waals surface area (Å²) in [5, 5.41) is 2.67. The van der Waals surface area contributed by atoms with Crippen LogP contribution in [-0.4, -0.2) is 24.7 Å². The molecule has 2 aromatic rings. The van der Waals surface area contributed by atoms with Crippen molar-refractivity contribution in [3.63, 3.8) is 0 Å². The molecule has 1 nitrogen and oxygen atoms in total. The van der Waals surface area contributed by atoms with E-state index in [4.69, 9.17) is 0 Å². The summed E-state index contributed by atoms with van der Waals surface area (Å²) in [5.41, 5.74) is 1.40. The first-order chi connectivity index (χ1) is 8.24. The molecule has 0 saturated carbocycles. The molecule has 0 aromatic heterocycles. The van der Waals surface area contributed by atoms with E-state index in [-0.39, 0.29) is 0 Å². The van der Waals surface area contributed by atoms with E-state index in [2.05, 4.69) is 74.1 Å². The third-order valence-electron chi connectivity index (χ3n) is 3.21. The van der Waals surface area contributed by atoms with Gasteiger partial charge in [-0.15, -0.1) is 0 Å². The largest absolute Gasteiger partial charge is 0.302 e. The topological polar surface area (TPSA) is 3.24 Å². The van der Waals surface area contributed by atoms with Gasteiger partial charge in [-0.3, -0.25) is 0 Å². The van der Waals surface area contributed by atoms with E-state index in [0.717, 1.165) is 12.2 Å². The molecular weight excluding hydrogens is 226 g/mol. The van der Waals surface area contributed by atoms with Crippen LogP contribution in [0.4, 0.5) is 0 Å². The van der Waals surface area contributed by atoms with Gasteiger partial charge in [-0.05, 0) is 42.6 Å². The second-order valence-electron chi connectivity index (χ2n) is 4.56. The van der Waals surface area contributed by atoms with Gasteiger partial charge in [0.15, 0.2) is 0 Å². The summed E-state index contributed by atoms with van der Waals surface area (Å²) in [6.45, 7) is 0. The highest BCUT2D eigenvalue weighted by molar-refractivity contribution is 7.80. The van der Waals surface area contributed by atoms with Crippen molar-refractivity contribution in [3.05, 3.63) is 48.0 Å². The highest BCUT2D eigenvalue weighted by Gasteiger charge is 2.15. The van der Waals surface area contributed by atoms with Crippen molar-refractivity contribution in [1.82, 2.24) is 4.90 Å². The molecule has 2 heteroatoms. The lowest BCUT2D eigenvalue weighted by molar-refractivity contribution is 0.295. The summed E-state index contributed by atoms with van der Waals surface area (Å²) < 4.78 is 0. The molecule has 0 aliphatic heterocycles. The number of rotatable bonds is 4. The van der Waals surface area contributed by atoms with Crippen molar-refractivity contribution in [2.75, 3.05) is 19.8 Å². The Labute approximate surface area is 109 Å². The molecule has 1 unspecified atom stereocenters. The summed E-state index contributed by atoms with van der Waals surface area (Å²) in [7, 11) is 4.27. The van der Waals surface area contributed by atoms with Gasteiger partial charge in [0.05, 0.1) is 0 Å². The van der Waals surface area contributed by atoms with Crippen LogP contribution in [0.2, 0.25) is 0 Å². The molecule has 0 N–H and O–H groups in total. The number of nitrogens with zero attached hydrogens (tertiary/aromatic N) is 1. The Bertz CT molecular complexity index is 488. The molecule has 90 valence electrons. The second kappa shape index (κ2) is 5.56. The van der Waals surface area contributed by atoms with Gasteiger partial charge in [-0.25, -0.2) is 0 Å². The standard InChI is InChI=1S/C15H19NS/c1-16(2)15(10-11-17)14-9-5-7-12-6-3-4-8-13(12)14/h3-9,15,17H,10-11H2,1-2H3. The quantitative estimate of drug-likeness (QED) is 0.803. The molecule has 0 heterocycles. The maximum Gasteiger partial charge on any atom is 0.0355 e. The number of thiol groups is 1. The zero-order chi connectivity index (χ0) is 12.3. The number of benzene rings is 2. The smallest absolute Gasteiger partial charge is 0.0355 e. The molecule has 0 saturated heterocycles. The average Bonchev–Trinajstić information content (AvgIpc) is 2.35. The van der Waals surface area contributed by atoms with Crippen molar-refractivity contribution >= 4 is 23.4 Å². The first kappa shape index (κ1) is 12.5. The number of fused-ring (bicyclic) bond motifs is 1. The van der Waals surface area contributed by atoms with E-state index in [0.29, 0.717) is 6.04 Å². The fraction of sp³-hybridized carbons (Fsp3) is 0.333. The van der Waals surface area contributed by atoms with Crippen molar-refractivity contribution < 1.29 is 0 Å². The van der Waals surface area contributed by atoms with Crippen LogP contribution in [0.3, 0.4) is 0 Å². The van der Waals surface area contributed by atoms with E-state index < -0.39 is 0 Å². The molecule has 17 heavy (non-hydrogen) atoms. The average molecular weight is 245 g/mol. The van der Waals surface area contributed by atoms with Crippen LogP contribution in [0.25, 0.3) is 10.8 Å². The van der Waals surface area contributed by atoms with Gasteiger partial charge in [0.25, 0.3) is 0 Å². The van der Waals surface area contributed by atoms with Crippen LogP contribution in [0, 0.1) is 0 Å². The van der Waals surface area contributed by atoms with Gasteiger partial charge >= 0.3 is 0 Å². The third kappa shape index (κ3) is 2.64. The fourth-order valence-electron chi connectivity index (χ4n) is 2.36. The zero-order valence-corrected chi connectivity index (χ0v) is 11.3. The fourth-order valence-corrected chi connectivity index (χ4v) is 2.60. The lowest BCUT2D eigenvalue weighted by atomic mass is 9.96. The van der Waals surface area contributed by atoms with Gasteiger partial charge < -0.3 is 4.90 Å². The molecule has 0 amide bonds. The summed E-state index contributed by atoms with van der Waals surface area (Å²) in [6, 6.07) is 15.6. The maximum absolute atomic E-state index is 4.37. The molecule has 0 radical (unpaired) electrons. The minimum atomic E-state index is 0.443. The molecule has 2 aromatic carbocycles. The van der Waals surface area contributed by atoms with Crippen LogP contribution in [0.1, 0.15) is 18.0 Å². The number of hydrogen-bond donors (Lipinski definition) is 1. The van der Waals surface area contributed by atoms with E-state index in [9.17, 15) is 0 Å². The van der Waals surface area contributed by atoms with E-state index in [1.54, 1.807) is 0 Å². The maximum atomic E-state index is 4.37. The lowest BCUT2D eigenvalue weighted by Crippen LogP contribution is -2.20. The minimum Gasteiger partial charge on any atom is -0.302 e. The summed E-state index contributed by atoms with van der Waals surface area (Å²) in [5.74, 6) is 0.909. The van der Waals surface area contributed by atoms with Crippen molar-refractivity contribution in [2.24, 2.45) is 0 Å². The summed E-state index contributed by atoms with van der Waals surface area (Å²) >= 11 is 4.37. The third-order valence-corrected chi connectivity index (χ3v) is 3.47. The molecule has 1 atom stereocenters. The van der Waals surface area contributed by atoms with Gasteiger partial charge in [0.1, 0.15) is 0 Å². The van der Waals surface area contributed by atoms with Gasteiger partial charge in [-0.1, -0.05) is 42.5 Å². The van der Waals surface area contributed by atoms with Gasteiger partial charge in [0.2, 0.25) is 0 Å². The molecule has 0 fully saturated rings. The van der Waals surface area contributed by atoms with Crippen LogP contribution in [0.5, 0.6) is 0 Å². The highest BCUT2D eigenvalue weighted by Crippen LogP contribution is 2.29. The predicted octanol–water partition coefficient (Wildman–Crippen LogP) is 3.76. The SMILES string of the molecule is CN(C)C(CCS)c1cccc2ccccc12. The normalized spacial score (nSPS) is 13.2. The minimum absolute atomic E-state index is 0.443. The van der Waals surface area contributed by atoms with E-state index >= 15 is 0 Å². The van der Waals surface area contributed by atoms with Crippen molar-refractivity contribution in [1.29, 1.82) is 0 Å². The molecule has 0 aliphatic carbocycles. The molecule has 0 spiro atoms. The zero-order valence-electron chi connectivity index (χ0n) is 10.4. The molecule has 2 rings (SSSR count). The molecular formula is C15H19NS. The number of hydrogen-bond acceptors (Lipinski definition) is 2. The second-order valence-corrected chi connectivity index (χ2v) is 5.01. The predicted molar refractivity (Wildman–Crippen MR) is 78.8 cm³/mol. The Kier molecular flexibility index (Phi) is 4.08. The van der Waals surface area contributed by atoms with Gasteiger partial charge in [0, 0.05) is 6.04 Å². The van der Waals surface area contributed by atoms with E-state index in [1.165, 1.54) is 16.3 Å². The van der Waals surface area contributed by atoms with Crippen molar-refractivity contribution in [3.8, 4) is 0 Å². The van der Waals surface area contributed by atoms with Gasteiger partial charge in [-0.2, -0.15) is 12.6 Å². The first-order valence-electron chi connectivity index (χ1n) is 5.99. The monoisotopic (exact) mass is 245 g/mol. The molecule has 0 aliphatic rings. The Morgan fingerprint density at radius 2 is 1.76 bits per heavy atom. The Morgan fingerprint density at radius 3 is 2.47 bits per heavy atom. The molecule has 0 bridgehead atoms. The van der Waals surface area contributed by atoms with E-state index in [1.807, 2.05) is 0 Å². The van der Waals surface area contributed by atoms with Crippen molar-refractivity contribution in [2.45, 2.75) is 12.5 Å². The first-order valence-corrected chi connectivity index (χ1v) is 6.62. The Morgan fingerprint density at radius 1 is 1.06 bits per heavy atom.